The first kappa shape index (κ1) is 13.3. The summed E-state index contributed by atoms with van der Waals surface area (Å²) in [4.78, 5) is 4.15. The first-order valence-corrected chi connectivity index (χ1v) is 6.96. The van der Waals surface area contributed by atoms with E-state index in [9.17, 15) is 5.11 Å². The van der Waals surface area contributed by atoms with Crippen molar-refractivity contribution in [1.29, 1.82) is 0 Å². The van der Waals surface area contributed by atoms with Gasteiger partial charge in [-0.1, -0.05) is 19.8 Å². The maximum Gasteiger partial charge on any atom is 0.137 e. The second-order valence-electron chi connectivity index (χ2n) is 5.36. The lowest BCUT2D eigenvalue weighted by Crippen LogP contribution is -2.20. The fourth-order valence-corrected chi connectivity index (χ4v) is 2.88. The molecule has 0 bridgehead atoms. The van der Waals surface area contributed by atoms with E-state index in [0.29, 0.717) is 12.5 Å². The fourth-order valence-electron chi connectivity index (χ4n) is 2.88. The van der Waals surface area contributed by atoms with Crippen molar-refractivity contribution in [2.75, 3.05) is 6.61 Å². The zero-order valence-electron chi connectivity index (χ0n) is 11.3. The second-order valence-corrected chi connectivity index (χ2v) is 5.36. The largest absolute Gasteiger partial charge is 0.492 e. The van der Waals surface area contributed by atoms with Gasteiger partial charge in [0.2, 0.25) is 0 Å². The third kappa shape index (κ3) is 3.22. The van der Waals surface area contributed by atoms with Crippen molar-refractivity contribution in [1.82, 2.24) is 4.98 Å². The number of rotatable bonds is 4. The highest BCUT2D eigenvalue weighted by Gasteiger charge is 2.26. The molecule has 1 aliphatic rings. The molecular weight excluding hydrogens is 226 g/mol. The van der Waals surface area contributed by atoms with E-state index >= 15 is 0 Å². The number of hydrogen-bond acceptors (Lipinski definition) is 3. The normalized spacial score (nSPS) is 25.7. The summed E-state index contributed by atoms with van der Waals surface area (Å²) < 4.78 is 5.43. The quantitative estimate of drug-likeness (QED) is 0.890. The predicted molar refractivity (Wildman–Crippen MR) is 71.5 cm³/mol. The summed E-state index contributed by atoms with van der Waals surface area (Å²) in [5.41, 5.74) is 0.889. The summed E-state index contributed by atoms with van der Waals surface area (Å²) in [6.07, 6.45) is 7.79. The zero-order chi connectivity index (χ0) is 13.0. The minimum Gasteiger partial charge on any atom is -0.492 e. The molecule has 1 fully saturated rings. The number of pyridine rings is 1. The molecule has 3 unspecified atom stereocenters. The van der Waals surface area contributed by atoms with Crippen molar-refractivity contribution in [3.05, 3.63) is 24.0 Å². The molecule has 1 N–H and O–H groups in total. The molecule has 0 amide bonds. The van der Waals surface area contributed by atoms with Gasteiger partial charge in [0.1, 0.15) is 5.75 Å². The molecule has 1 aromatic heterocycles. The van der Waals surface area contributed by atoms with Crippen LogP contribution in [0.3, 0.4) is 0 Å². The molecule has 0 saturated heterocycles. The molecule has 0 aromatic carbocycles. The Balaban J connectivity index is 2.07. The van der Waals surface area contributed by atoms with Crippen molar-refractivity contribution in [2.45, 2.75) is 45.6 Å². The van der Waals surface area contributed by atoms with Crippen molar-refractivity contribution < 1.29 is 9.84 Å². The average Bonchev–Trinajstić information content (AvgIpc) is 2.39. The molecule has 1 aliphatic carbocycles. The maximum absolute atomic E-state index is 10.5. The van der Waals surface area contributed by atoms with Crippen LogP contribution < -0.4 is 4.74 Å². The third-order valence-electron chi connectivity index (χ3n) is 3.81. The van der Waals surface area contributed by atoms with Gasteiger partial charge >= 0.3 is 0 Å². The Morgan fingerprint density at radius 3 is 3.00 bits per heavy atom. The molecule has 0 spiro atoms. The van der Waals surface area contributed by atoms with Crippen molar-refractivity contribution in [3.63, 3.8) is 0 Å². The molecule has 1 heterocycles. The van der Waals surface area contributed by atoms with E-state index in [-0.39, 0.29) is 0 Å². The molecule has 1 saturated carbocycles. The Morgan fingerprint density at radius 2 is 2.28 bits per heavy atom. The Morgan fingerprint density at radius 1 is 1.44 bits per heavy atom. The Kier molecular flexibility index (Phi) is 4.59. The average molecular weight is 249 g/mol. The number of aliphatic hydroxyl groups is 1. The lowest BCUT2D eigenvalue weighted by Gasteiger charge is -2.30. The van der Waals surface area contributed by atoms with E-state index in [1.807, 2.05) is 13.0 Å². The molecule has 3 nitrogen and oxygen atoms in total. The van der Waals surface area contributed by atoms with Crippen LogP contribution in [-0.4, -0.2) is 16.7 Å². The number of nitrogens with zero attached hydrogens (tertiary/aromatic N) is 1. The van der Waals surface area contributed by atoms with Crippen LogP contribution in [-0.2, 0) is 0 Å². The van der Waals surface area contributed by atoms with Crippen LogP contribution >= 0.6 is 0 Å². The Labute approximate surface area is 109 Å². The summed E-state index contributed by atoms with van der Waals surface area (Å²) in [6, 6.07) is 1.92. The highest BCUT2D eigenvalue weighted by molar-refractivity contribution is 5.25. The third-order valence-corrected chi connectivity index (χ3v) is 3.81. The molecule has 0 aliphatic heterocycles. The topological polar surface area (TPSA) is 42.4 Å². The van der Waals surface area contributed by atoms with Crippen molar-refractivity contribution >= 4 is 0 Å². The van der Waals surface area contributed by atoms with E-state index in [0.717, 1.165) is 30.1 Å². The van der Waals surface area contributed by atoms with Gasteiger partial charge in [0.25, 0.3) is 0 Å². The number of ether oxygens (including phenoxy) is 1. The summed E-state index contributed by atoms with van der Waals surface area (Å²) in [6.45, 7) is 4.85. The smallest absolute Gasteiger partial charge is 0.137 e. The van der Waals surface area contributed by atoms with Crippen LogP contribution in [0.25, 0.3) is 0 Å². The number of aliphatic hydroxyl groups excluding tert-OH is 1. The van der Waals surface area contributed by atoms with Gasteiger partial charge in [0.05, 0.1) is 18.9 Å². The highest BCUT2D eigenvalue weighted by atomic mass is 16.5. The van der Waals surface area contributed by atoms with Crippen LogP contribution in [0.2, 0.25) is 0 Å². The van der Waals surface area contributed by atoms with Crippen LogP contribution in [0.15, 0.2) is 18.5 Å². The number of hydrogen-bond donors (Lipinski definition) is 1. The van der Waals surface area contributed by atoms with Gasteiger partial charge < -0.3 is 9.84 Å². The van der Waals surface area contributed by atoms with Crippen LogP contribution in [0.1, 0.15) is 51.2 Å². The predicted octanol–water partition coefficient (Wildman–Crippen LogP) is 3.34. The lowest BCUT2D eigenvalue weighted by atomic mass is 9.78. The Bertz CT molecular complexity index is 381. The van der Waals surface area contributed by atoms with Gasteiger partial charge in [-0.2, -0.15) is 0 Å². The molecule has 0 radical (unpaired) electrons. The van der Waals surface area contributed by atoms with E-state index in [4.69, 9.17) is 4.74 Å². The molecule has 18 heavy (non-hydrogen) atoms. The molecule has 3 heteroatoms. The van der Waals surface area contributed by atoms with Crippen LogP contribution in [0.5, 0.6) is 5.75 Å². The lowest BCUT2D eigenvalue weighted by molar-refractivity contribution is 0.0709. The molecule has 100 valence electrons. The maximum atomic E-state index is 10.5. The van der Waals surface area contributed by atoms with Gasteiger partial charge in [-0.25, -0.2) is 0 Å². The highest BCUT2D eigenvalue weighted by Crippen LogP contribution is 2.37. The first-order valence-electron chi connectivity index (χ1n) is 6.96. The zero-order valence-corrected chi connectivity index (χ0v) is 11.3. The Hall–Kier alpha value is -1.09. The summed E-state index contributed by atoms with van der Waals surface area (Å²) in [5.74, 6) is 1.84. The van der Waals surface area contributed by atoms with E-state index in [1.54, 1.807) is 12.4 Å². The minimum atomic E-state index is -0.402. The van der Waals surface area contributed by atoms with Crippen molar-refractivity contribution in [3.8, 4) is 5.75 Å². The first-order chi connectivity index (χ1) is 8.70. The molecule has 2 rings (SSSR count). The van der Waals surface area contributed by atoms with E-state index in [2.05, 4.69) is 11.9 Å². The monoisotopic (exact) mass is 249 g/mol. The summed E-state index contributed by atoms with van der Waals surface area (Å²) >= 11 is 0. The van der Waals surface area contributed by atoms with Crippen LogP contribution in [0.4, 0.5) is 0 Å². The van der Waals surface area contributed by atoms with Gasteiger partial charge in [-0.15, -0.1) is 0 Å². The molecule has 3 atom stereocenters. The minimum absolute atomic E-state index is 0.368. The van der Waals surface area contributed by atoms with Gasteiger partial charge in [0, 0.05) is 11.8 Å². The SMILES string of the molecule is CCOc1cncc(C(O)C2CCCC(C)C2)c1. The van der Waals surface area contributed by atoms with Gasteiger partial charge in [0.15, 0.2) is 0 Å². The summed E-state index contributed by atoms with van der Waals surface area (Å²) in [7, 11) is 0. The standard InChI is InChI=1S/C15H23NO2/c1-3-18-14-8-13(9-16-10-14)15(17)12-6-4-5-11(2)7-12/h8-12,15,17H,3-7H2,1-2H3. The fraction of sp³-hybridized carbons (Fsp3) is 0.667. The van der Waals surface area contributed by atoms with E-state index in [1.165, 1.54) is 12.8 Å². The summed E-state index contributed by atoms with van der Waals surface area (Å²) in [5, 5.41) is 10.5. The molecule has 1 aromatic rings. The molecular formula is C15H23NO2. The number of aromatic nitrogens is 1. The van der Waals surface area contributed by atoms with Gasteiger partial charge in [-0.05, 0) is 37.7 Å². The van der Waals surface area contributed by atoms with Crippen LogP contribution in [0, 0.1) is 11.8 Å². The van der Waals surface area contributed by atoms with Gasteiger partial charge in [-0.3, -0.25) is 4.98 Å². The second kappa shape index (κ2) is 6.19. The van der Waals surface area contributed by atoms with Crippen molar-refractivity contribution in [2.24, 2.45) is 11.8 Å². The van der Waals surface area contributed by atoms with E-state index < -0.39 is 6.10 Å².